The minimum atomic E-state index is -0.0788. The second-order valence-corrected chi connectivity index (χ2v) is 4.45. The maximum atomic E-state index is 11.1. The first kappa shape index (κ1) is 14.5. The molecule has 1 N–H and O–H groups in total. The van der Waals surface area contributed by atoms with Crippen molar-refractivity contribution in [1.82, 2.24) is 5.32 Å². The number of carbonyl (C=O) groups excluding carboxylic acids is 1. The fourth-order valence-electron chi connectivity index (χ4n) is 1.99. The van der Waals surface area contributed by atoms with Crippen molar-refractivity contribution in [3.63, 3.8) is 0 Å². The van der Waals surface area contributed by atoms with Crippen molar-refractivity contribution in [2.75, 3.05) is 26.3 Å². The lowest BCUT2D eigenvalue weighted by atomic mass is 10.1. The van der Waals surface area contributed by atoms with Crippen LogP contribution in [0.5, 0.6) is 0 Å². The SMILES string of the molecule is CCOC(=O)CCCCCOC1CCCNC1. The Bertz CT molecular complexity index is 203. The average molecular weight is 243 g/mol. The number of hydrogen-bond donors (Lipinski definition) is 1. The number of hydrogen-bond acceptors (Lipinski definition) is 4. The average Bonchev–Trinajstić information content (AvgIpc) is 2.35. The van der Waals surface area contributed by atoms with Gasteiger partial charge in [0.1, 0.15) is 0 Å². The van der Waals surface area contributed by atoms with Crippen LogP contribution in [0, 0.1) is 0 Å². The third-order valence-electron chi connectivity index (χ3n) is 2.94. The number of rotatable bonds is 8. The summed E-state index contributed by atoms with van der Waals surface area (Å²) in [5, 5.41) is 3.33. The monoisotopic (exact) mass is 243 g/mol. The lowest BCUT2D eigenvalue weighted by molar-refractivity contribution is -0.143. The van der Waals surface area contributed by atoms with Gasteiger partial charge in [-0.25, -0.2) is 0 Å². The van der Waals surface area contributed by atoms with Crippen molar-refractivity contribution in [2.24, 2.45) is 0 Å². The fraction of sp³-hybridized carbons (Fsp3) is 0.923. The molecule has 0 spiro atoms. The minimum absolute atomic E-state index is 0.0788. The van der Waals surface area contributed by atoms with Crippen LogP contribution in [0.25, 0.3) is 0 Å². The van der Waals surface area contributed by atoms with E-state index in [2.05, 4.69) is 5.32 Å². The Morgan fingerprint density at radius 3 is 2.94 bits per heavy atom. The maximum absolute atomic E-state index is 11.1. The number of ether oxygens (including phenoxy) is 2. The van der Waals surface area contributed by atoms with Crippen LogP contribution in [-0.4, -0.2) is 38.4 Å². The van der Waals surface area contributed by atoms with Crippen LogP contribution in [0.2, 0.25) is 0 Å². The molecule has 1 aliphatic rings. The first-order valence-electron chi connectivity index (χ1n) is 6.81. The highest BCUT2D eigenvalue weighted by molar-refractivity contribution is 5.69. The van der Waals surface area contributed by atoms with E-state index in [9.17, 15) is 4.79 Å². The normalized spacial score (nSPS) is 20.2. The van der Waals surface area contributed by atoms with Gasteiger partial charge in [0.25, 0.3) is 0 Å². The summed E-state index contributed by atoms with van der Waals surface area (Å²) < 4.78 is 10.6. The zero-order valence-corrected chi connectivity index (χ0v) is 10.9. The molecule has 1 aliphatic heterocycles. The van der Waals surface area contributed by atoms with E-state index in [0.717, 1.165) is 39.0 Å². The van der Waals surface area contributed by atoms with E-state index in [4.69, 9.17) is 9.47 Å². The van der Waals surface area contributed by atoms with Gasteiger partial charge in [-0.05, 0) is 39.2 Å². The van der Waals surface area contributed by atoms with Gasteiger partial charge in [-0.3, -0.25) is 4.79 Å². The fourth-order valence-corrected chi connectivity index (χ4v) is 1.99. The molecule has 0 radical (unpaired) electrons. The third-order valence-corrected chi connectivity index (χ3v) is 2.94. The summed E-state index contributed by atoms with van der Waals surface area (Å²) in [5.74, 6) is -0.0788. The largest absolute Gasteiger partial charge is 0.466 e. The van der Waals surface area contributed by atoms with Gasteiger partial charge in [0.05, 0.1) is 12.7 Å². The van der Waals surface area contributed by atoms with Gasteiger partial charge < -0.3 is 14.8 Å². The molecule has 0 aromatic rings. The van der Waals surface area contributed by atoms with Crippen LogP contribution < -0.4 is 5.32 Å². The van der Waals surface area contributed by atoms with E-state index >= 15 is 0 Å². The van der Waals surface area contributed by atoms with Crippen molar-refractivity contribution in [3.05, 3.63) is 0 Å². The number of unbranched alkanes of at least 4 members (excludes halogenated alkanes) is 2. The van der Waals surface area contributed by atoms with Crippen molar-refractivity contribution in [3.8, 4) is 0 Å². The molecule has 0 aromatic heterocycles. The van der Waals surface area contributed by atoms with Crippen LogP contribution in [0.4, 0.5) is 0 Å². The van der Waals surface area contributed by atoms with Gasteiger partial charge >= 0.3 is 5.97 Å². The second-order valence-electron chi connectivity index (χ2n) is 4.45. The summed E-state index contributed by atoms with van der Waals surface area (Å²) in [5.41, 5.74) is 0. The van der Waals surface area contributed by atoms with Gasteiger partial charge in [-0.15, -0.1) is 0 Å². The topological polar surface area (TPSA) is 47.6 Å². The molecule has 0 aromatic carbocycles. The first-order chi connectivity index (χ1) is 8.33. The molecule has 100 valence electrons. The van der Waals surface area contributed by atoms with Crippen LogP contribution in [0.3, 0.4) is 0 Å². The van der Waals surface area contributed by atoms with Gasteiger partial charge in [0.2, 0.25) is 0 Å². The predicted octanol–water partition coefficient (Wildman–Crippen LogP) is 1.88. The van der Waals surface area contributed by atoms with Gasteiger partial charge in [-0.1, -0.05) is 6.42 Å². The van der Waals surface area contributed by atoms with Gasteiger partial charge in [-0.2, -0.15) is 0 Å². The first-order valence-corrected chi connectivity index (χ1v) is 6.81. The quantitative estimate of drug-likeness (QED) is 0.522. The highest BCUT2D eigenvalue weighted by atomic mass is 16.5. The maximum Gasteiger partial charge on any atom is 0.305 e. The molecular formula is C13H25NO3. The van der Waals surface area contributed by atoms with E-state index in [1.807, 2.05) is 6.92 Å². The van der Waals surface area contributed by atoms with E-state index in [1.54, 1.807) is 0 Å². The van der Waals surface area contributed by atoms with Crippen LogP contribution in [0.15, 0.2) is 0 Å². The lowest BCUT2D eigenvalue weighted by Gasteiger charge is -2.22. The Morgan fingerprint density at radius 2 is 2.24 bits per heavy atom. The Kier molecular flexibility index (Phi) is 8.01. The second kappa shape index (κ2) is 9.42. The number of carbonyl (C=O) groups is 1. The van der Waals surface area contributed by atoms with E-state index in [0.29, 0.717) is 19.1 Å². The van der Waals surface area contributed by atoms with Crippen molar-refractivity contribution in [1.29, 1.82) is 0 Å². The molecule has 0 saturated carbocycles. The molecular weight excluding hydrogens is 218 g/mol. The summed E-state index contributed by atoms with van der Waals surface area (Å²) in [6, 6.07) is 0. The highest BCUT2D eigenvalue weighted by Crippen LogP contribution is 2.08. The molecule has 1 atom stereocenters. The summed E-state index contributed by atoms with van der Waals surface area (Å²) in [4.78, 5) is 11.1. The minimum Gasteiger partial charge on any atom is -0.466 e. The molecule has 1 unspecified atom stereocenters. The van der Waals surface area contributed by atoms with Gasteiger partial charge in [0.15, 0.2) is 0 Å². The Balaban J connectivity index is 1.85. The molecule has 1 heterocycles. The summed E-state index contributed by atoms with van der Waals surface area (Å²) >= 11 is 0. The summed E-state index contributed by atoms with van der Waals surface area (Å²) in [6.07, 6.45) is 6.32. The summed E-state index contributed by atoms with van der Waals surface area (Å²) in [6.45, 7) is 5.25. The number of esters is 1. The molecule has 4 heteroatoms. The van der Waals surface area contributed by atoms with Crippen molar-refractivity contribution < 1.29 is 14.3 Å². The number of nitrogens with one attached hydrogen (secondary N) is 1. The van der Waals surface area contributed by atoms with E-state index < -0.39 is 0 Å². The number of piperidine rings is 1. The molecule has 17 heavy (non-hydrogen) atoms. The predicted molar refractivity (Wildman–Crippen MR) is 66.9 cm³/mol. The Labute approximate surface area is 104 Å². The standard InChI is InChI=1S/C13H25NO3/c1-2-16-13(15)8-4-3-5-10-17-12-7-6-9-14-11-12/h12,14H,2-11H2,1H3. The molecule has 1 saturated heterocycles. The molecule has 0 aliphatic carbocycles. The van der Waals surface area contributed by atoms with Crippen molar-refractivity contribution in [2.45, 2.75) is 51.6 Å². The van der Waals surface area contributed by atoms with Crippen molar-refractivity contribution >= 4 is 5.97 Å². The molecule has 0 bridgehead atoms. The van der Waals surface area contributed by atoms with Crippen LogP contribution in [-0.2, 0) is 14.3 Å². The summed E-state index contributed by atoms with van der Waals surface area (Å²) in [7, 11) is 0. The third kappa shape index (κ3) is 7.34. The zero-order chi connectivity index (χ0) is 12.3. The van der Waals surface area contributed by atoms with E-state index in [1.165, 1.54) is 12.8 Å². The molecule has 0 amide bonds. The highest BCUT2D eigenvalue weighted by Gasteiger charge is 2.12. The Hall–Kier alpha value is -0.610. The lowest BCUT2D eigenvalue weighted by Crippen LogP contribution is -2.35. The Morgan fingerprint density at radius 1 is 1.35 bits per heavy atom. The molecule has 4 nitrogen and oxygen atoms in total. The molecule has 1 rings (SSSR count). The smallest absolute Gasteiger partial charge is 0.305 e. The van der Waals surface area contributed by atoms with Crippen LogP contribution >= 0.6 is 0 Å². The molecule has 1 fully saturated rings. The van der Waals surface area contributed by atoms with Crippen LogP contribution in [0.1, 0.15) is 45.4 Å². The zero-order valence-electron chi connectivity index (χ0n) is 10.9. The van der Waals surface area contributed by atoms with E-state index in [-0.39, 0.29) is 5.97 Å². The van der Waals surface area contributed by atoms with Gasteiger partial charge in [0, 0.05) is 19.6 Å².